The first-order chi connectivity index (χ1) is 6.38. The van der Waals surface area contributed by atoms with Crippen molar-refractivity contribution in [2.45, 2.75) is 32.8 Å². The van der Waals surface area contributed by atoms with Gasteiger partial charge < -0.3 is 9.47 Å². The third kappa shape index (κ3) is 3.49. The summed E-state index contributed by atoms with van der Waals surface area (Å²) in [4.78, 5) is 0. The minimum Gasteiger partial charge on any atom is -0.382 e. The Morgan fingerprint density at radius 3 is 2.85 bits per heavy atom. The van der Waals surface area contributed by atoms with Gasteiger partial charge in [0.25, 0.3) is 0 Å². The van der Waals surface area contributed by atoms with E-state index in [4.69, 9.17) is 9.47 Å². The van der Waals surface area contributed by atoms with Crippen molar-refractivity contribution in [2.24, 2.45) is 5.92 Å². The molecule has 76 valence electrons. The summed E-state index contributed by atoms with van der Waals surface area (Å²) >= 11 is 0. The molecule has 0 radical (unpaired) electrons. The molecule has 0 aromatic rings. The highest BCUT2D eigenvalue weighted by Crippen LogP contribution is 2.24. The van der Waals surface area contributed by atoms with Crippen molar-refractivity contribution in [3.63, 3.8) is 0 Å². The van der Waals surface area contributed by atoms with Crippen LogP contribution in [0.5, 0.6) is 0 Å². The third-order valence-electron chi connectivity index (χ3n) is 2.43. The molecule has 0 spiro atoms. The van der Waals surface area contributed by atoms with Crippen LogP contribution in [-0.4, -0.2) is 25.9 Å². The smallest absolute Gasteiger partial charge is 0.0787 e. The minimum absolute atomic E-state index is 0.338. The number of allylic oxidation sites excluding steroid dienone is 1. The van der Waals surface area contributed by atoms with E-state index in [-0.39, 0.29) is 0 Å². The molecule has 0 saturated heterocycles. The molecule has 0 amide bonds. The van der Waals surface area contributed by atoms with Gasteiger partial charge in [0.15, 0.2) is 0 Å². The summed E-state index contributed by atoms with van der Waals surface area (Å²) in [7, 11) is 0. The van der Waals surface area contributed by atoms with Crippen LogP contribution >= 0.6 is 0 Å². The van der Waals surface area contributed by atoms with Gasteiger partial charge in [-0.15, -0.1) is 0 Å². The van der Waals surface area contributed by atoms with Gasteiger partial charge in [-0.05, 0) is 32.6 Å². The first kappa shape index (κ1) is 10.7. The van der Waals surface area contributed by atoms with E-state index >= 15 is 0 Å². The Morgan fingerprint density at radius 2 is 2.15 bits per heavy atom. The van der Waals surface area contributed by atoms with Crippen LogP contribution in [0.2, 0.25) is 0 Å². The van der Waals surface area contributed by atoms with E-state index in [9.17, 15) is 0 Å². The normalized spacial score (nSPS) is 26.9. The molecule has 1 rings (SSSR count). The van der Waals surface area contributed by atoms with Gasteiger partial charge in [0.1, 0.15) is 0 Å². The first-order valence-corrected chi connectivity index (χ1v) is 5.24. The Morgan fingerprint density at radius 1 is 1.31 bits per heavy atom. The van der Waals surface area contributed by atoms with E-state index in [1.165, 1.54) is 0 Å². The zero-order chi connectivity index (χ0) is 9.52. The predicted octanol–water partition coefficient (Wildman–Crippen LogP) is 2.39. The van der Waals surface area contributed by atoms with Crippen LogP contribution in [0.15, 0.2) is 12.2 Å². The zero-order valence-corrected chi connectivity index (χ0v) is 8.66. The summed E-state index contributed by atoms with van der Waals surface area (Å²) in [6, 6.07) is 0. The summed E-state index contributed by atoms with van der Waals surface area (Å²) in [5, 5.41) is 0. The van der Waals surface area contributed by atoms with Gasteiger partial charge in [0.2, 0.25) is 0 Å². The van der Waals surface area contributed by atoms with Gasteiger partial charge in [0.05, 0.1) is 6.10 Å². The first-order valence-electron chi connectivity index (χ1n) is 5.24. The average Bonchev–Trinajstić information content (AvgIpc) is 2.54. The van der Waals surface area contributed by atoms with Gasteiger partial charge in [-0.25, -0.2) is 0 Å². The zero-order valence-electron chi connectivity index (χ0n) is 8.66. The highest BCUT2D eigenvalue weighted by atomic mass is 16.5. The number of ether oxygens (including phenoxy) is 2. The number of hydrogen-bond acceptors (Lipinski definition) is 2. The molecular weight excluding hydrogens is 164 g/mol. The maximum Gasteiger partial charge on any atom is 0.0787 e. The molecule has 0 fully saturated rings. The lowest BCUT2D eigenvalue weighted by atomic mass is 10.0. The van der Waals surface area contributed by atoms with Crippen molar-refractivity contribution >= 4 is 0 Å². The van der Waals surface area contributed by atoms with Crippen LogP contribution in [0.1, 0.15) is 26.7 Å². The maximum atomic E-state index is 5.60. The molecule has 0 N–H and O–H groups in total. The molecule has 0 saturated carbocycles. The fourth-order valence-corrected chi connectivity index (χ4v) is 1.72. The van der Waals surface area contributed by atoms with E-state index in [1.807, 2.05) is 13.8 Å². The van der Waals surface area contributed by atoms with Crippen molar-refractivity contribution in [1.82, 2.24) is 0 Å². The van der Waals surface area contributed by atoms with Crippen LogP contribution < -0.4 is 0 Å². The largest absolute Gasteiger partial charge is 0.382 e. The lowest BCUT2D eigenvalue weighted by molar-refractivity contribution is 0.0433. The Balaban J connectivity index is 2.17. The van der Waals surface area contributed by atoms with Gasteiger partial charge in [0, 0.05) is 19.8 Å². The summed E-state index contributed by atoms with van der Waals surface area (Å²) < 4.78 is 10.9. The molecule has 1 aliphatic rings. The van der Waals surface area contributed by atoms with Crippen molar-refractivity contribution in [3.05, 3.63) is 12.2 Å². The maximum absolute atomic E-state index is 5.60. The quantitative estimate of drug-likeness (QED) is 0.466. The molecular formula is C11H20O2. The van der Waals surface area contributed by atoms with E-state index in [1.54, 1.807) is 0 Å². The lowest BCUT2D eigenvalue weighted by Gasteiger charge is -2.18. The Kier molecular flexibility index (Phi) is 5.09. The van der Waals surface area contributed by atoms with Crippen LogP contribution in [-0.2, 0) is 9.47 Å². The second-order valence-corrected chi connectivity index (χ2v) is 3.33. The summed E-state index contributed by atoms with van der Waals surface area (Å²) in [6.07, 6.45) is 7.01. The van der Waals surface area contributed by atoms with Crippen molar-refractivity contribution in [1.29, 1.82) is 0 Å². The Hall–Kier alpha value is -0.340. The Bertz CT molecular complexity index is 154. The molecule has 2 atom stereocenters. The van der Waals surface area contributed by atoms with Gasteiger partial charge in [-0.2, -0.15) is 0 Å². The highest BCUT2D eigenvalue weighted by Gasteiger charge is 2.22. The summed E-state index contributed by atoms with van der Waals surface area (Å²) in [5.74, 6) is 0.645. The lowest BCUT2D eigenvalue weighted by Crippen LogP contribution is -2.19. The molecule has 0 aliphatic heterocycles. The van der Waals surface area contributed by atoms with Crippen molar-refractivity contribution in [2.75, 3.05) is 19.8 Å². The van der Waals surface area contributed by atoms with Gasteiger partial charge in [-0.1, -0.05) is 12.2 Å². The van der Waals surface area contributed by atoms with Crippen LogP contribution in [0.3, 0.4) is 0 Å². The van der Waals surface area contributed by atoms with Gasteiger partial charge >= 0.3 is 0 Å². The highest BCUT2D eigenvalue weighted by molar-refractivity contribution is 5.02. The van der Waals surface area contributed by atoms with E-state index in [0.717, 1.165) is 32.7 Å². The molecule has 1 aliphatic carbocycles. The third-order valence-corrected chi connectivity index (χ3v) is 2.43. The average molecular weight is 184 g/mol. The predicted molar refractivity (Wildman–Crippen MR) is 53.8 cm³/mol. The minimum atomic E-state index is 0.338. The second kappa shape index (κ2) is 6.17. The molecule has 0 heterocycles. The molecule has 0 bridgehead atoms. The van der Waals surface area contributed by atoms with E-state index in [2.05, 4.69) is 12.2 Å². The van der Waals surface area contributed by atoms with Crippen molar-refractivity contribution in [3.8, 4) is 0 Å². The molecule has 2 nitrogen and oxygen atoms in total. The Labute approximate surface area is 80.9 Å². The van der Waals surface area contributed by atoms with Gasteiger partial charge in [-0.3, -0.25) is 0 Å². The topological polar surface area (TPSA) is 18.5 Å². The number of hydrogen-bond donors (Lipinski definition) is 0. The fourth-order valence-electron chi connectivity index (χ4n) is 1.72. The monoisotopic (exact) mass is 184 g/mol. The SMILES string of the molecule is CCOCCC1CC=CC1OCC. The molecule has 0 aromatic carbocycles. The number of rotatable bonds is 6. The van der Waals surface area contributed by atoms with Crippen LogP contribution in [0.25, 0.3) is 0 Å². The summed E-state index contributed by atoms with van der Waals surface area (Å²) in [5.41, 5.74) is 0. The van der Waals surface area contributed by atoms with Crippen LogP contribution in [0.4, 0.5) is 0 Å². The van der Waals surface area contributed by atoms with E-state index < -0.39 is 0 Å². The van der Waals surface area contributed by atoms with Crippen LogP contribution in [0, 0.1) is 5.92 Å². The van der Waals surface area contributed by atoms with Crippen molar-refractivity contribution < 1.29 is 9.47 Å². The second-order valence-electron chi connectivity index (χ2n) is 3.33. The fraction of sp³-hybridized carbons (Fsp3) is 0.818. The molecule has 2 heteroatoms. The molecule has 0 aromatic heterocycles. The van der Waals surface area contributed by atoms with E-state index in [0.29, 0.717) is 12.0 Å². The standard InChI is InChI=1S/C11H20O2/c1-3-12-9-8-10-6-5-7-11(10)13-4-2/h5,7,10-11H,3-4,6,8-9H2,1-2H3. The molecule has 2 unspecified atom stereocenters. The molecule has 13 heavy (non-hydrogen) atoms. The summed E-state index contributed by atoms with van der Waals surface area (Å²) in [6.45, 7) is 6.57.